The highest BCUT2D eigenvalue weighted by Crippen LogP contribution is 2.27. The summed E-state index contributed by atoms with van der Waals surface area (Å²) < 4.78 is 5.11. The van der Waals surface area contributed by atoms with Crippen LogP contribution in [-0.2, 0) is 14.3 Å². The van der Waals surface area contributed by atoms with Crippen LogP contribution in [0.2, 0.25) is 0 Å². The SMILES string of the molecule is CC(C)OC(=O)CC(NC(=O)/C=C/c1ccc([N+](=O)[O-])cc1)c1ccccc1[N+](=O)[O-]. The van der Waals surface area contributed by atoms with Crippen LogP contribution in [-0.4, -0.2) is 27.8 Å². The van der Waals surface area contributed by atoms with E-state index in [-0.39, 0.29) is 29.5 Å². The van der Waals surface area contributed by atoms with Gasteiger partial charge in [-0.25, -0.2) is 0 Å². The van der Waals surface area contributed by atoms with E-state index in [1.54, 1.807) is 19.9 Å². The molecule has 0 bridgehead atoms. The second kappa shape index (κ2) is 10.6. The van der Waals surface area contributed by atoms with Gasteiger partial charge in [0, 0.05) is 24.3 Å². The number of nitrogens with one attached hydrogen (secondary N) is 1. The van der Waals surface area contributed by atoms with Gasteiger partial charge in [0.15, 0.2) is 0 Å². The largest absolute Gasteiger partial charge is 0.463 e. The van der Waals surface area contributed by atoms with Crippen LogP contribution in [0.5, 0.6) is 0 Å². The lowest BCUT2D eigenvalue weighted by atomic mass is 10.0. The van der Waals surface area contributed by atoms with E-state index in [9.17, 15) is 29.8 Å². The van der Waals surface area contributed by atoms with Gasteiger partial charge in [-0.15, -0.1) is 0 Å². The lowest BCUT2D eigenvalue weighted by Crippen LogP contribution is -2.30. The van der Waals surface area contributed by atoms with Crippen molar-refractivity contribution in [1.82, 2.24) is 5.32 Å². The molecule has 2 rings (SSSR count). The number of para-hydroxylation sites is 1. The molecule has 10 heteroatoms. The number of ether oxygens (including phenoxy) is 1. The molecule has 0 spiro atoms. The monoisotopic (exact) mass is 427 g/mol. The van der Waals surface area contributed by atoms with Gasteiger partial charge in [-0.05, 0) is 37.6 Å². The van der Waals surface area contributed by atoms with Gasteiger partial charge < -0.3 is 10.1 Å². The molecule has 0 saturated carbocycles. The zero-order valence-electron chi connectivity index (χ0n) is 16.9. The Balaban J connectivity index is 2.22. The van der Waals surface area contributed by atoms with Crippen molar-refractivity contribution < 1.29 is 24.2 Å². The van der Waals surface area contributed by atoms with E-state index in [1.807, 2.05) is 0 Å². The summed E-state index contributed by atoms with van der Waals surface area (Å²) >= 11 is 0. The number of nitro benzene ring substituents is 2. The zero-order valence-corrected chi connectivity index (χ0v) is 16.9. The summed E-state index contributed by atoms with van der Waals surface area (Å²) in [4.78, 5) is 45.5. The first-order valence-corrected chi connectivity index (χ1v) is 9.33. The number of carbonyl (C=O) groups excluding carboxylic acids is 2. The van der Waals surface area contributed by atoms with Crippen LogP contribution in [0.4, 0.5) is 11.4 Å². The number of amides is 1. The Morgan fingerprint density at radius 3 is 2.26 bits per heavy atom. The minimum atomic E-state index is -0.984. The van der Waals surface area contributed by atoms with Crippen molar-refractivity contribution in [2.24, 2.45) is 0 Å². The van der Waals surface area contributed by atoms with Crippen LogP contribution < -0.4 is 5.32 Å². The fraction of sp³-hybridized carbons (Fsp3) is 0.238. The summed E-state index contributed by atoms with van der Waals surface area (Å²) in [7, 11) is 0. The van der Waals surface area contributed by atoms with Crippen LogP contribution in [0, 0.1) is 20.2 Å². The van der Waals surface area contributed by atoms with Gasteiger partial charge in [-0.2, -0.15) is 0 Å². The Morgan fingerprint density at radius 2 is 1.68 bits per heavy atom. The van der Waals surface area contributed by atoms with Crippen LogP contribution >= 0.6 is 0 Å². The Labute approximate surface area is 177 Å². The molecule has 0 fully saturated rings. The molecule has 1 unspecified atom stereocenters. The smallest absolute Gasteiger partial charge is 0.308 e. The van der Waals surface area contributed by atoms with Crippen molar-refractivity contribution in [3.8, 4) is 0 Å². The third-order valence-electron chi connectivity index (χ3n) is 4.09. The molecule has 2 aromatic rings. The van der Waals surface area contributed by atoms with Crippen molar-refractivity contribution in [2.45, 2.75) is 32.4 Å². The first kappa shape index (κ1) is 23.2. The van der Waals surface area contributed by atoms with Gasteiger partial charge in [-0.3, -0.25) is 29.8 Å². The molecule has 31 heavy (non-hydrogen) atoms. The number of non-ortho nitro benzene ring substituents is 1. The maximum absolute atomic E-state index is 12.4. The van der Waals surface area contributed by atoms with Gasteiger partial charge in [0.2, 0.25) is 5.91 Å². The Hall–Kier alpha value is -4.08. The molecular formula is C21H21N3O7. The van der Waals surface area contributed by atoms with Crippen LogP contribution in [0.1, 0.15) is 37.4 Å². The van der Waals surface area contributed by atoms with Crippen molar-refractivity contribution in [3.05, 3.63) is 86.0 Å². The van der Waals surface area contributed by atoms with Crippen molar-refractivity contribution in [2.75, 3.05) is 0 Å². The second-order valence-corrected chi connectivity index (χ2v) is 6.80. The maximum atomic E-state index is 12.4. The fourth-order valence-corrected chi connectivity index (χ4v) is 2.76. The highest BCUT2D eigenvalue weighted by atomic mass is 16.6. The van der Waals surface area contributed by atoms with Gasteiger partial charge in [0.25, 0.3) is 11.4 Å². The van der Waals surface area contributed by atoms with Gasteiger partial charge in [0.05, 0.1) is 34.0 Å². The van der Waals surface area contributed by atoms with Crippen molar-refractivity contribution in [1.29, 1.82) is 0 Å². The maximum Gasteiger partial charge on any atom is 0.308 e. The number of nitro groups is 2. The highest BCUT2D eigenvalue weighted by Gasteiger charge is 2.26. The predicted molar refractivity (Wildman–Crippen MR) is 112 cm³/mol. The number of hydrogen-bond donors (Lipinski definition) is 1. The number of nitrogens with zero attached hydrogens (tertiary/aromatic N) is 2. The van der Waals surface area contributed by atoms with E-state index in [0.717, 1.165) is 0 Å². The van der Waals surface area contributed by atoms with Crippen molar-refractivity contribution >= 4 is 29.3 Å². The summed E-state index contributed by atoms with van der Waals surface area (Å²) in [6.07, 6.45) is 1.94. The average Bonchev–Trinajstić information content (AvgIpc) is 2.71. The molecule has 162 valence electrons. The quantitative estimate of drug-likeness (QED) is 0.278. The van der Waals surface area contributed by atoms with Gasteiger partial charge in [0.1, 0.15) is 0 Å². The summed E-state index contributed by atoms with van der Waals surface area (Å²) in [5.74, 6) is -1.21. The topological polar surface area (TPSA) is 142 Å². The zero-order chi connectivity index (χ0) is 23.0. The molecule has 0 aliphatic heterocycles. The summed E-state index contributed by atoms with van der Waals surface area (Å²) in [6.45, 7) is 3.34. The molecule has 0 aromatic heterocycles. The van der Waals surface area contributed by atoms with E-state index in [2.05, 4.69) is 5.32 Å². The average molecular weight is 427 g/mol. The summed E-state index contributed by atoms with van der Waals surface area (Å²) in [6, 6.07) is 10.4. The molecule has 1 atom stereocenters. The van der Waals surface area contributed by atoms with Crippen LogP contribution in [0.25, 0.3) is 6.08 Å². The number of esters is 1. The molecule has 2 aromatic carbocycles. The van der Waals surface area contributed by atoms with E-state index in [1.165, 1.54) is 54.6 Å². The Kier molecular flexibility index (Phi) is 7.95. The number of carbonyl (C=O) groups is 2. The lowest BCUT2D eigenvalue weighted by molar-refractivity contribution is -0.385. The van der Waals surface area contributed by atoms with E-state index < -0.39 is 27.8 Å². The summed E-state index contributed by atoms with van der Waals surface area (Å²) in [5, 5.41) is 24.7. The van der Waals surface area contributed by atoms with E-state index >= 15 is 0 Å². The molecular weight excluding hydrogens is 406 g/mol. The molecule has 1 N–H and O–H groups in total. The van der Waals surface area contributed by atoms with Gasteiger partial charge in [-0.1, -0.05) is 18.2 Å². The predicted octanol–water partition coefficient (Wildman–Crippen LogP) is 3.72. The Bertz CT molecular complexity index is 1000. The van der Waals surface area contributed by atoms with Crippen molar-refractivity contribution in [3.63, 3.8) is 0 Å². The molecule has 10 nitrogen and oxygen atoms in total. The number of rotatable bonds is 9. The third kappa shape index (κ3) is 7.03. The minimum absolute atomic E-state index is 0.0817. The first-order chi connectivity index (χ1) is 14.7. The van der Waals surface area contributed by atoms with E-state index in [0.29, 0.717) is 5.56 Å². The highest BCUT2D eigenvalue weighted by molar-refractivity contribution is 5.92. The Morgan fingerprint density at radius 1 is 1.03 bits per heavy atom. The summed E-state index contributed by atoms with van der Waals surface area (Å²) in [5.41, 5.74) is 0.402. The standard InChI is InChI=1S/C21H21N3O7/c1-14(2)31-21(26)13-18(17-5-3-4-6-19(17)24(29)30)22-20(25)12-9-15-7-10-16(11-8-15)23(27)28/h3-12,14,18H,13H2,1-2H3,(H,22,25)/b12-9+. The fourth-order valence-electron chi connectivity index (χ4n) is 2.76. The molecule has 0 heterocycles. The van der Waals surface area contributed by atoms with Crippen LogP contribution in [0.15, 0.2) is 54.6 Å². The van der Waals surface area contributed by atoms with Gasteiger partial charge >= 0.3 is 5.97 Å². The third-order valence-corrected chi connectivity index (χ3v) is 4.09. The molecule has 0 saturated heterocycles. The molecule has 0 aliphatic carbocycles. The lowest BCUT2D eigenvalue weighted by Gasteiger charge is -2.18. The number of hydrogen-bond acceptors (Lipinski definition) is 7. The molecule has 0 aliphatic rings. The molecule has 0 radical (unpaired) electrons. The normalized spacial score (nSPS) is 11.8. The first-order valence-electron chi connectivity index (χ1n) is 9.33. The van der Waals surface area contributed by atoms with Crippen LogP contribution in [0.3, 0.4) is 0 Å². The van der Waals surface area contributed by atoms with E-state index in [4.69, 9.17) is 4.74 Å². The minimum Gasteiger partial charge on any atom is -0.463 e. The number of benzene rings is 2. The second-order valence-electron chi connectivity index (χ2n) is 6.80. The molecule has 1 amide bonds.